The third-order valence-corrected chi connectivity index (χ3v) is 1.21. The summed E-state index contributed by atoms with van der Waals surface area (Å²) >= 11 is 0. The molecule has 13 heavy (non-hydrogen) atoms. The van der Waals surface area contributed by atoms with Crippen molar-refractivity contribution in [2.45, 2.75) is 0 Å². The van der Waals surface area contributed by atoms with Gasteiger partial charge in [-0.25, -0.2) is 0 Å². The predicted octanol–water partition coefficient (Wildman–Crippen LogP) is 0.480. The number of nitrogens with one attached hydrogen (secondary N) is 1. The molecule has 0 atom stereocenters. The third-order valence-electron chi connectivity index (χ3n) is 1.21. The zero-order chi connectivity index (χ0) is 9.68. The van der Waals surface area contributed by atoms with Crippen LogP contribution in [0, 0.1) is 0 Å². The van der Waals surface area contributed by atoms with Crippen molar-refractivity contribution in [2.24, 2.45) is 10.3 Å². The van der Waals surface area contributed by atoms with Crippen LogP contribution in [-0.2, 0) is 9.47 Å². The number of hydrazone groups is 1. The monoisotopic (exact) mass is 184 g/mol. The summed E-state index contributed by atoms with van der Waals surface area (Å²) in [7, 11) is 2.91. The van der Waals surface area contributed by atoms with Gasteiger partial charge in [0.2, 0.25) is 5.88 Å². The zero-order valence-corrected chi connectivity index (χ0v) is 7.13. The first kappa shape index (κ1) is 9.01. The molecule has 0 radical (unpaired) electrons. The van der Waals surface area contributed by atoms with Gasteiger partial charge in [-0.2, -0.15) is 10.3 Å². The summed E-state index contributed by atoms with van der Waals surface area (Å²) in [6.45, 7) is 0. The molecule has 1 rings (SSSR count). The van der Waals surface area contributed by atoms with Gasteiger partial charge in [0.15, 0.2) is 0 Å². The minimum absolute atomic E-state index is 0.281. The van der Waals surface area contributed by atoms with Gasteiger partial charge in [-0.3, -0.25) is 0 Å². The van der Waals surface area contributed by atoms with Gasteiger partial charge in [0, 0.05) is 5.22 Å². The van der Waals surface area contributed by atoms with Crippen molar-refractivity contribution >= 4 is 5.90 Å². The number of nitrogens with zero attached hydrogens (tertiary/aromatic N) is 5. The second-order valence-electron chi connectivity index (χ2n) is 1.94. The average molecular weight is 184 g/mol. The Hall–Kier alpha value is -2.08. The quantitative estimate of drug-likeness (QED) is 0.383. The topological polar surface area (TPSA) is 94.9 Å². The summed E-state index contributed by atoms with van der Waals surface area (Å²) in [4.78, 5) is 2.54. The second kappa shape index (κ2) is 4.07. The molecule has 0 aromatic carbocycles. The van der Waals surface area contributed by atoms with Crippen LogP contribution in [-0.4, -0.2) is 25.3 Å². The summed E-state index contributed by atoms with van der Waals surface area (Å²) in [6.07, 6.45) is 1.52. The summed E-state index contributed by atoms with van der Waals surface area (Å²) in [6, 6.07) is 0. The molecule has 0 unspecified atom stereocenters. The molecule has 0 aromatic heterocycles. The van der Waals surface area contributed by atoms with Crippen molar-refractivity contribution < 1.29 is 9.47 Å². The molecule has 0 saturated heterocycles. The molecule has 0 bridgehead atoms. The lowest BCUT2D eigenvalue weighted by Crippen LogP contribution is -2.33. The number of rotatable bonds is 2. The first-order valence-electron chi connectivity index (χ1n) is 3.30. The van der Waals surface area contributed by atoms with Crippen LogP contribution in [0.15, 0.2) is 22.3 Å². The van der Waals surface area contributed by atoms with Gasteiger partial charge < -0.3 is 9.47 Å². The Morgan fingerprint density at radius 2 is 2.38 bits per heavy atom. The van der Waals surface area contributed by atoms with Crippen molar-refractivity contribution in [3.05, 3.63) is 22.4 Å². The number of hydrogen-bond acceptors (Lipinski definition) is 5. The van der Waals surface area contributed by atoms with Crippen molar-refractivity contribution in [1.82, 2.24) is 10.7 Å². The molecule has 0 fully saturated rings. The van der Waals surface area contributed by atoms with Gasteiger partial charge in [0.25, 0.3) is 5.90 Å². The van der Waals surface area contributed by atoms with Gasteiger partial charge in [0.1, 0.15) is 0 Å². The van der Waals surface area contributed by atoms with Crippen LogP contribution >= 0.6 is 0 Å². The van der Waals surface area contributed by atoms with Crippen molar-refractivity contribution in [3.8, 4) is 0 Å². The zero-order valence-electron chi connectivity index (χ0n) is 7.13. The summed E-state index contributed by atoms with van der Waals surface area (Å²) in [5, 5.41) is 7.82. The third kappa shape index (κ3) is 2.17. The molecular formula is C5H8N6O2. The van der Waals surface area contributed by atoms with Crippen LogP contribution in [0.2, 0.25) is 0 Å². The van der Waals surface area contributed by atoms with E-state index in [1.165, 1.54) is 20.3 Å². The molecule has 0 aromatic rings. The predicted molar refractivity (Wildman–Crippen MR) is 43.7 cm³/mol. The molecule has 1 heterocycles. The van der Waals surface area contributed by atoms with E-state index in [2.05, 4.69) is 20.7 Å². The second-order valence-corrected chi connectivity index (χ2v) is 1.94. The highest BCUT2D eigenvalue weighted by Crippen LogP contribution is 2.03. The van der Waals surface area contributed by atoms with Gasteiger partial charge in [0.05, 0.1) is 20.3 Å². The van der Waals surface area contributed by atoms with Crippen molar-refractivity contribution in [2.75, 3.05) is 14.2 Å². The first-order valence-corrected chi connectivity index (χ1v) is 3.30. The first-order chi connectivity index (χ1) is 6.30. The normalized spacial score (nSPS) is 14.8. The molecular weight excluding hydrogens is 176 g/mol. The van der Waals surface area contributed by atoms with Crippen LogP contribution in [0.25, 0.3) is 10.4 Å². The maximum absolute atomic E-state index is 8.14. The maximum Gasteiger partial charge on any atom is 0.262 e. The SMILES string of the molecule is COC1=CC(OC)=NN(N=[N+]=[N-])N1. The van der Waals surface area contributed by atoms with Crippen molar-refractivity contribution in [1.29, 1.82) is 0 Å². The van der Waals surface area contributed by atoms with Crippen LogP contribution in [0.1, 0.15) is 0 Å². The Morgan fingerprint density at radius 3 is 2.92 bits per heavy atom. The number of methoxy groups -OCH3 is 2. The summed E-state index contributed by atoms with van der Waals surface area (Å²) in [5.74, 6) is 0.655. The lowest BCUT2D eigenvalue weighted by atomic mass is 10.5. The molecule has 8 nitrogen and oxygen atoms in total. The van der Waals surface area contributed by atoms with E-state index < -0.39 is 0 Å². The molecule has 0 aliphatic carbocycles. The largest absolute Gasteiger partial charge is 0.480 e. The smallest absolute Gasteiger partial charge is 0.262 e. The molecule has 1 N–H and O–H groups in total. The van der Waals surface area contributed by atoms with Crippen molar-refractivity contribution in [3.63, 3.8) is 0 Å². The van der Waals surface area contributed by atoms with Gasteiger partial charge >= 0.3 is 0 Å². The molecule has 0 spiro atoms. The summed E-state index contributed by atoms with van der Waals surface area (Å²) < 4.78 is 9.69. The van der Waals surface area contributed by atoms with Gasteiger partial charge in [-0.1, -0.05) is 0 Å². The lowest BCUT2D eigenvalue weighted by molar-refractivity contribution is 0.135. The van der Waals surface area contributed by atoms with E-state index in [1.807, 2.05) is 0 Å². The number of ether oxygens (including phenoxy) is 2. The maximum atomic E-state index is 8.14. The Balaban J connectivity index is 2.81. The number of hydrazine groups is 1. The van der Waals surface area contributed by atoms with E-state index in [1.54, 1.807) is 0 Å². The van der Waals surface area contributed by atoms with E-state index in [-0.39, 0.29) is 5.90 Å². The molecule has 1 aliphatic rings. The van der Waals surface area contributed by atoms with E-state index in [4.69, 9.17) is 15.0 Å². The summed E-state index contributed by atoms with van der Waals surface area (Å²) in [5.41, 5.74) is 10.7. The highest BCUT2D eigenvalue weighted by molar-refractivity contribution is 5.88. The number of azide groups is 1. The Bertz CT molecular complexity index is 291. The fraction of sp³-hybridized carbons (Fsp3) is 0.400. The standard InChI is InChI=1S/C5H8N6O2/c1-12-4-3-5(13-2)8-11(7-4)10-9-6/h3,7H,1-2H3. The average Bonchev–Trinajstić information content (AvgIpc) is 2.17. The van der Waals surface area contributed by atoms with Gasteiger partial charge in [-0.05, 0) is 10.3 Å². The van der Waals surface area contributed by atoms with Gasteiger partial charge in [-0.15, -0.1) is 5.53 Å². The molecule has 0 amide bonds. The van der Waals surface area contributed by atoms with Crippen LogP contribution in [0.5, 0.6) is 0 Å². The number of hydrogen-bond donors (Lipinski definition) is 1. The molecule has 1 aliphatic heterocycles. The Morgan fingerprint density at radius 1 is 1.62 bits per heavy atom. The Labute approximate surface area is 74.0 Å². The minimum Gasteiger partial charge on any atom is -0.480 e. The van der Waals surface area contributed by atoms with E-state index >= 15 is 0 Å². The van der Waals surface area contributed by atoms with E-state index in [0.717, 1.165) is 5.23 Å². The molecule has 8 heteroatoms. The van der Waals surface area contributed by atoms with Crippen LogP contribution < -0.4 is 5.43 Å². The fourth-order valence-corrected chi connectivity index (χ4v) is 0.675. The molecule has 70 valence electrons. The molecule has 0 saturated carbocycles. The lowest BCUT2D eigenvalue weighted by Gasteiger charge is -2.15. The highest BCUT2D eigenvalue weighted by atomic mass is 16.5. The minimum atomic E-state index is 0.281. The Kier molecular flexibility index (Phi) is 2.82. The fourth-order valence-electron chi connectivity index (χ4n) is 0.675. The van der Waals surface area contributed by atoms with Crippen LogP contribution in [0.3, 0.4) is 0 Å². The highest BCUT2D eigenvalue weighted by Gasteiger charge is 2.15. The van der Waals surface area contributed by atoms with Crippen LogP contribution in [0.4, 0.5) is 0 Å². The van der Waals surface area contributed by atoms with E-state index in [9.17, 15) is 0 Å². The van der Waals surface area contributed by atoms with E-state index in [0.29, 0.717) is 5.88 Å².